The first kappa shape index (κ1) is 14.5. The molecule has 0 spiro atoms. The Morgan fingerprint density at radius 3 is 2.41 bits per heavy atom. The van der Waals surface area contributed by atoms with Crippen LogP contribution in [0.15, 0.2) is 0 Å². The molecule has 1 rings (SSSR count). The van der Waals surface area contributed by atoms with Gasteiger partial charge in [-0.05, 0) is 32.4 Å². The molecule has 1 fully saturated rings. The summed E-state index contributed by atoms with van der Waals surface area (Å²) in [7, 11) is 0. The normalized spacial score (nSPS) is 17.4. The highest BCUT2D eigenvalue weighted by atomic mass is 16.2. The third-order valence-electron chi connectivity index (χ3n) is 3.40. The van der Waals surface area contributed by atoms with Crippen LogP contribution in [-0.4, -0.2) is 55.0 Å². The minimum absolute atomic E-state index is 0.341. The topological polar surface area (TPSA) is 49.6 Å². The summed E-state index contributed by atoms with van der Waals surface area (Å²) in [5.41, 5.74) is 5.48. The van der Waals surface area contributed by atoms with Gasteiger partial charge in [0, 0.05) is 32.6 Å². The Labute approximate surface area is 105 Å². The molecular formula is C13H27N3O. The van der Waals surface area contributed by atoms with Crippen molar-refractivity contribution in [1.29, 1.82) is 0 Å². The number of hydrogen-bond donors (Lipinski definition) is 1. The maximum Gasteiger partial charge on any atom is 0.222 e. The fourth-order valence-corrected chi connectivity index (χ4v) is 2.19. The van der Waals surface area contributed by atoms with Gasteiger partial charge < -0.3 is 10.6 Å². The van der Waals surface area contributed by atoms with Gasteiger partial charge in [0.15, 0.2) is 0 Å². The van der Waals surface area contributed by atoms with E-state index >= 15 is 0 Å². The highest BCUT2D eigenvalue weighted by Gasteiger charge is 2.19. The van der Waals surface area contributed by atoms with E-state index in [1.165, 1.54) is 6.42 Å². The second kappa shape index (κ2) is 8.48. The Morgan fingerprint density at radius 2 is 1.82 bits per heavy atom. The summed E-state index contributed by atoms with van der Waals surface area (Å²) in [5.74, 6) is 0.341. The number of unbranched alkanes of at least 4 members (excludes halogenated alkanes) is 2. The van der Waals surface area contributed by atoms with Crippen LogP contribution in [0, 0.1) is 0 Å². The molecule has 0 saturated carbocycles. The molecule has 0 aromatic heterocycles. The van der Waals surface area contributed by atoms with E-state index in [9.17, 15) is 4.79 Å². The maximum absolute atomic E-state index is 11.8. The van der Waals surface area contributed by atoms with Crippen LogP contribution < -0.4 is 5.73 Å². The first-order valence-corrected chi connectivity index (χ1v) is 6.98. The van der Waals surface area contributed by atoms with E-state index in [2.05, 4.69) is 11.8 Å². The Balaban J connectivity index is 2.14. The van der Waals surface area contributed by atoms with Gasteiger partial charge in [-0.1, -0.05) is 13.3 Å². The molecule has 17 heavy (non-hydrogen) atoms. The molecule has 2 N–H and O–H groups in total. The SMILES string of the molecule is CCCCC(=O)N1CCN(CCCCN)CC1. The molecule has 0 bridgehead atoms. The van der Waals surface area contributed by atoms with E-state index < -0.39 is 0 Å². The van der Waals surface area contributed by atoms with E-state index in [1.54, 1.807) is 0 Å². The van der Waals surface area contributed by atoms with Gasteiger partial charge in [0.1, 0.15) is 0 Å². The first-order chi connectivity index (χ1) is 8.27. The van der Waals surface area contributed by atoms with Crippen LogP contribution in [0.3, 0.4) is 0 Å². The van der Waals surface area contributed by atoms with Crippen molar-refractivity contribution in [2.75, 3.05) is 39.3 Å². The molecule has 0 unspecified atom stereocenters. The van der Waals surface area contributed by atoms with E-state index in [-0.39, 0.29) is 0 Å². The van der Waals surface area contributed by atoms with E-state index in [0.29, 0.717) is 5.91 Å². The standard InChI is InChI=1S/C13H27N3O/c1-2-3-6-13(17)16-11-9-15(10-12-16)8-5-4-7-14/h2-12,14H2,1H3. The molecule has 0 aromatic rings. The van der Waals surface area contributed by atoms with Gasteiger partial charge in [-0.25, -0.2) is 0 Å². The van der Waals surface area contributed by atoms with E-state index in [0.717, 1.165) is 65.0 Å². The Bertz CT molecular complexity index is 213. The zero-order valence-corrected chi connectivity index (χ0v) is 11.2. The summed E-state index contributed by atoms with van der Waals surface area (Å²) in [6.45, 7) is 7.92. The minimum Gasteiger partial charge on any atom is -0.340 e. The number of amides is 1. The largest absolute Gasteiger partial charge is 0.340 e. The number of hydrogen-bond acceptors (Lipinski definition) is 3. The lowest BCUT2D eigenvalue weighted by Crippen LogP contribution is -2.48. The summed E-state index contributed by atoms with van der Waals surface area (Å²) in [4.78, 5) is 16.3. The van der Waals surface area contributed by atoms with Crippen LogP contribution in [0.25, 0.3) is 0 Å². The molecule has 0 aliphatic carbocycles. The molecule has 1 aliphatic rings. The molecule has 4 heteroatoms. The van der Waals surface area contributed by atoms with E-state index in [1.807, 2.05) is 4.90 Å². The monoisotopic (exact) mass is 241 g/mol. The quantitative estimate of drug-likeness (QED) is 0.678. The average molecular weight is 241 g/mol. The molecule has 1 aliphatic heterocycles. The fraction of sp³-hybridized carbons (Fsp3) is 0.923. The van der Waals surface area contributed by atoms with Crippen molar-refractivity contribution in [3.8, 4) is 0 Å². The Morgan fingerprint density at radius 1 is 1.12 bits per heavy atom. The first-order valence-electron chi connectivity index (χ1n) is 6.98. The lowest BCUT2D eigenvalue weighted by molar-refractivity contribution is -0.133. The number of nitrogens with zero attached hydrogens (tertiary/aromatic N) is 2. The highest BCUT2D eigenvalue weighted by molar-refractivity contribution is 5.76. The summed E-state index contributed by atoms with van der Waals surface area (Å²) >= 11 is 0. The summed E-state index contributed by atoms with van der Waals surface area (Å²) < 4.78 is 0. The van der Waals surface area contributed by atoms with Crippen LogP contribution in [0.2, 0.25) is 0 Å². The molecule has 1 amide bonds. The number of piperazine rings is 1. The van der Waals surface area contributed by atoms with Crippen molar-refractivity contribution in [2.45, 2.75) is 39.0 Å². The van der Waals surface area contributed by atoms with Crippen molar-refractivity contribution in [3.05, 3.63) is 0 Å². The molecule has 1 saturated heterocycles. The lowest BCUT2D eigenvalue weighted by atomic mass is 10.2. The smallest absolute Gasteiger partial charge is 0.222 e. The van der Waals surface area contributed by atoms with Gasteiger partial charge in [0.2, 0.25) is 5.91 Å². The number of rotatable bonds is 7. The molecule has 4 nitrogen and oxygen atoms in total. The van der Waals surface area contributed by atoms with Gasteiger partial charge in [0.25, 0.3) is 0 Å². The predicted molar refractivity (Wildman–Crippen MR) is 70.8 cm³/mol. The molecule has 0 radical (unpaired) electrons. The third-order valence-corrected chi connectivity index (χ3v) is 3.40. The summed E-state index contributed by atoms with van der Waals surface area (Å²) in [6, 6.07) is 0. The minimum atomic E-state index is 0.341. The average Bonchev–Trinajstić information content (AvgIpc) is 2.37. The van der Waals surface area contributed by atoms with Crippen molar-refractivity contribution < 1.29 is 4.79 Å². The van der Waals surface area contributed by atoms with Gasteiger partial charge in [-0.2, -0.15) is 0 Å². The number of carbonyl (C=O) groups is 1. The van der Waals surface area contributed by atoms with Gasteiger partial charge in [-0.3, -0.25) is 9.69 Å². The number of nitrogens with two attached hydrogens (primary N) is 1. The highest BCUT2D eigenvalue weighted by Crippen LogP contribution is 2.07. The zero-order valence-electron chi connectivity index (χ0n) is 11.2. The second-order valence-electron chi connectivity index (χ2n) is 4.82. The number of carbonyl (C=O) groups excluding carboxylic acids is 1. The molecular weight excluding hydrogens is 214 g/mol. The van der Waals surface area contributed by atoms with Crippen molar-refractivity contribution in [3.63, 3.8) is 0 Å². The summed E-state index contributed by atoms with van der Waals surface area (Å²) in [5, 5.41) is 0. The van der Waals surface area contributed by atoms with Crippen LogP contribution in [0.5, 0.6) is 0 Å². The lowest BCUT2D eigenvalue weighted by Gasteiger charge is -2.34. The van der Waals surface area contributed by atoms with E-state index in [4.69, 9.17) is 5.73 Å². The van der Waals surface area contributed by atoms with Crippen LogP contribution >= 0.6 is 0 Å². The van der Waals surface area contributed by atoms with Crippen LogP contribution in [0.4, 0.5) is 0 Å². The molecule has 0 atom stereocenters. The van der Waals surface area contributed by atoms with Crippen molar-refractivity contribution in [1.82, 2.24) is 9.80 Å². The van der Waals surface area contributed by atoms with Crippen LogP contribution in [0.1, 0.15) is 39.0 Å². The van der Waals surface area contributed by atoms with Gasteiger partial charge in [-0.15, -0.1) is 0 Å². The predicted octanol–water partition coefficient (Wildman–Crippen LogP) is 1.06. The molecule has 0 aromatic carbocycles. The molecule has 1 heterocycles. The van der Waals surface area contributed by atoms with Crippen molar-refractivity contribution >= 4 is 5.91 Å². The van der Waals surface area contributed by atoms with Gasteiger partial charge in [0.05, 0.1) is 0 Å². The zero-order chi connectivity index (χ0) is 12.5. The Kier molecular flexibility index (Phi) is 7.21. The van der Waals surface area contributed by atoms with Crippen molar-refractivity contribution in [2.24, 2.45) is 5.73 Å². The maximum atomic E-state index is 11.8. The molecule has 100 valence electrons. The Hall–Kier alpha value is -0.610. The third kappa shape index (κ3) is 5.50. The fourth-order valence-electron chi connectivity index (χ4n) is 2.19. The summed E-state index contributed by atoms with van der Waals surface area (Å²) in [6.07, 6.45) is 5.14. The van der Waals surface area contributed by atoms with Crippen LogP contribution in [-0.2, 0) is 4.79 Å². The van der Waals surface area contributed by atoms with Gasteiger partial charge >= 0.3 is 0 Å². The second-order valence-corrected chi connectivity index (χ2v) is 4.82.